The fraction of sp³-hybridized carbons (Fsp3) is 0.571. The topological polar surface area (TPSA) is 100 Å². The van der Waals surface area contributed by atoms with Crippen LogP contribution in [0.15, 0.2) is 24.3 Å². The number of hydrogen-bond donors (Lipinski definition) is 2. The molecule has 0 heterocycles. The normalized spacial score (nSPS) is 11.2. The van der Waals surface area contributed by atoms with Crippen LogP contribution < -0.4 is 11.0 Å². The Hall–Kier alpha value is -0.520. The Balaban J connectivity index is 0.000000515. The Morgan fingerprint density at radius 2 is 1.48 bits per heavy atom. The second-order valence-electron chi connectivity index (χ2n) is 3.97. The number of hydrogen-bond acceptors (Lipinski definition) is 7. The van der Waals surface area contributed by atoms with Crippen molar-refractivity contribution in [3.05, 3.63) is 24.3 Å². The van der Waals surface area contributed by atoms with Gasteiger partial charge in [-0.25, -0.2) is 0 Å². The fourth-order valence-electron chi connectivity index (χ4n) is 1.51. The molecule has 1 aromatic rings. The summed E-state index contributed by atoms with van der Waals surface area (Å²) >= 11 is 0. The summed E-state index contributed by atoms with van der Waals surface area (Å²) < 4.78 is 32.1. The van der Waals surface area contributed by atoms with Gasteiger partial charge in [-0.2, -0.15) is 0 Å². The van der Waals surface area contributed by atoms with Gasteiger partial charge in [0.15, 0.2) is 0 Å². The molecule has 0 spiro atoms. The average Bonchev–Trinajstić information content (AvgIpc) is 2.49. The highest BCUT2D eigenvalue weighted by molar-refractivity contribution is 7.62. The van der Waals surface area contributed by atoms with E-state index in [1.165, 1.54) is 0 Å². The van der Waals surface area contributed by atoms with E-state index < -0.39 is 16.2 Å². The van der Waals surface area contributed by atoms with Gasteiger partial charge >= 0.3 is 16.2 Å². The first-order valence-electron chi connectivity index (χ1n) is 7.44. The standard InChI is InChI=1S/C10H16NO3P.C4H11O3P/c1-3-13-15(12,14-4-2)10-8-6-5-7-9(10)11;1-3-6-8(5)7-4-2/h5-8H,3-4,11H2,1-2H3;5H,3-4H2,1-2H3. The molecule has 0 unspecified atom stereocenters. The maximum Gasteiger partial charge on any atom is 0.363 e. The van der Waals surface area contributed by atoms with E-state index in [9.17, 15) is 4.57 Å². The highest BCUT2D eigenvalue weighted by atomic mass is 31.2. The minimum absolute atomic E-state index is 0.325. The molecule has 7 nitrogen and oxygen atoms in total. The van der Waals surface area contributed by atoms with Gasteiger partial charge in [-0.1, -0.05) is 12.1 Å². The molecule has 0 bridgehead atoms. The molecule has 23 heavy (non-hydrogen) atoms. The molecular weight excluding hydrogens is 340 g/mol. The first kappa shape index (κ1) is 22.5. The SMILES string of the molecule is CCOP(=O)(OCC)c1ccccc1N.CCOP(O)OCC. The van der Waals surface area contributed by atoms with Crippen LogP contribution in [0, 0.1) is 0 Å². The molecule has 0 saturated heterocycles. The summed E-state index contributed by atoms with van der Waals surface area (Å²) in [4.78, 5) is 8.67. The molecule has 1 aromatic carbocycles. The predicted octanol–water partition coefficient (Wildman–Crippen LogP) is 3.44. The first-order valence-corrected chi connectivity index (χ1v) is 10.1. The van der Waals surface area contributed by atoms with E-state index in [0.717, 1.165) is 0 Å². The van der Waals surface area contributed by atoms with E-state index in [0.29, 0.717) is 37.4 Å². The molecule has 0 fully saturated rings. The summed E-state index contributed by atoms with van der Waals surface area (Å²) in [6.07, 6.45) is 0. The van der Waals surface area contributed by atoms with Crippen LogP contribution >= 0.6 is 16.2 Å². The maximum absolute atomic E-state index is 12.3. The number of para-hydroxylation sites is 1. The van der Waals surface area contributed by atoms with Gasteiger partial charge in [-0.05, 0) is 39.8 Å². The van der Waals surface area contributed by atoms with Crippen molar-refractivity contribution in [2.75, 3.05) is 32.2 Å². The van der Waals surface area contributed by atoms with E-state index >= 15 is 0 Å². The fourth-order valence-corrected chi connectivity index (χ4v) is 3.72. The first-order chi connectivity index (χ1) is 10.9. The molecule has 1 rings (SSSR count). The van der Waals surface area contributed by atoms with Crippen LogP contribution in [0.1, 0.15) is 27.7 Å². The van der Waals surface area contributed by atoms with Gasteiger partial charge in [0.25, 0.3) is 0 Å². The Morgan fingerprint density at radius 1 is 1.00 bits per heavy atom. The highest BCUT2D eigenvalue weighted by Gasteiger charge is 2.28. The molecule has 9 heteroatoms. The third-order valence-electron chi connectivity index (χ3n) is 2.31. The monoisotopic (exact) mass is 367 g/mol. The molecular formula is C14H27NO6P2. The second-order valence-corrected chi connectivity index (χ2v) is 6.95. The summed E-state index contributed by atoms with van der Waals surface area (Å²) in [5, 5.41) is 0.439. The van der Waals surface area contributed by atoms with E-state index in [-0.39, 0.29) is 0 Å². The van der Waals surface area contributed by atoms with Crippen molar-refractivity contribution in [1.29, 1.82) is 0 Å². The molecule has 0 aromatic heterocycles. The zero-order chi connectivity index (χ0) is 17.7. The summed E-state index contributed by atoms with van der Waals surface area (Å²) in [6.45, 7) is 8.81. The van der Waals surface area contributed by atoms with Crippen molar-refractivity contribution in [3.63, 3.8) is 0 Å². The Bertz CT molecular complexity index is 458. The lowest BCUT2D eigenvalue weighted by Gasteiger charge is -2.18. The molecule has 0 amide bonds. The van der Waals surface area contributed by atoms with Crippen LogP contribution in [0.2, 0.25) is 0 Å². The van der Waals surface area contributed by atoms with E-state index in [1.54, 1.807) is 38.1 Å². The van der Waals surface area contributed by atoms with Crippen molar-refractivity contribution < 1.29 is 27.6 Å². The maximum atomic E-state index is 12.3. The van der Waals surface area contributed by atoms with Crippen LogP contribution in [-0.4, -0.2) is 31.3 Å². The van der Waals surface area contributed by atoms with Crippen molar-refractivity contribution in [3.8, 4) is 0 Å². The lowest BCUT2D eigenvalue weighted by Crippen LogP contribution is -2.14. The highest BCUT2D eigenvalue weighted by Crippen LogP contribution is 2.48. The van der Waals surface area contributed by atoms with Crippen molar-refractivity contribution in [2.45, 2.75) is 27.7 Å². The average molecular weight is 367 g/mol. The molecule has 0 aliphatic carbocycles. The quantitative estimate of drug-likeness (QED) is 0.509. The Labute approximate surface area is 139 Å². The van der Waals surface area contributed by atoms with Crippen molar-refractivity contribution >= 4 is 27.2 Å². The number of nitrogens with two attached hydrogens (primary N) is 1. The smallest absolute Gasteiger partial charge is 0.363 e. The van der Waals surface area contributed by atoms with Gasteiger partial charge in [0, 0.05) is 5.69 Å². The van der Waals surface area contributed by atoms with Gasteiger partial charge in [0.1, 0.15) is 0 Å². The van der Waals surface area contributed by atoms with Crippen molar-refractivity contribution in [1.82, 2.24) is 0 Å². The van der Waals surface area contributed by atoms with E-state index in [4.69, 9.17) is 19.7 Å². The minimum Gasteiger partial charge on any atom is -0.398 e. The van der Waals surface area contributed by atoms with Crippen molar-refractivity contribution in [2.24, 2.45) is 0 Å². The number of anilines is 1. The second kappa shape index (κ2) is 12.8. The van der Waals surface area contributed by atoms with E-state index in [1.807, 2.05) is 13.8 Å². The third-order valence-corrected chi connectivity index (χ3v) is 5.46. The molecule has 0 aliphatic heterocycles. The molecule has 0 aliphatic rings. The molecule has 0 radical (unpaired) electrons. The van der Waals surface area contributed by atoms with Crippen LogP contribution in [-0.2, 0) is 22.7 Å². The van der Waals surface area contributed by atoms with E-state index in [2.05, 4.69) is 9.05 Å². The van der Waals surface area contributed by atoms with Gasteiger partial charge in [0.05, 0.1) is 31.7 Å². The summed E-state index contributed by atoms with van der Waals surface area (Å²) in [6, 6.07) is 6.89. The zero-order valence-corrected chi connectivity index (χ0v) is 15.9. The third kappa shape index (κ3) is 8.77. The minimum atomic E-state index is -3.23. The molecule has 3 N–H and O–H groups in total. The number of nitrogen functional groups attached to an aromatic ring is 1. The van der Waals surface area contributed by atoms with Gasteiger partial charge in [0.2, 0.25) is 0 Å². The molecule has 0 atom stereocenters. The Kier molecular flexibility index (Phi) is 12.6. The summed E-state index contributed by atoms with van der Waals surface area (Å²) in [5.74, 6) is 0. The number of rotatable bonds is 9. The van der Waals surface area contributed by atoms with Gasteiger partial charge in [-0.3, -0.25) is 4.57 Å². The summed E-state index contributed by atoms with van der Waals surface area (Å²) in [5.41, 5.74) is 6.17. The van der Waals surface area contributed by atoms with Gasteiger partial charge < -0.3 is 28.7 Å². The molecule has 134 valence electrons. The lowest BCUT2D eigenvalue weighted by molar-refractivity contribution is 0.216. The summed E-state index contributed by atoms with van der Waals surface area (Å²) in [7, 11) is -4.82. The van der Waals surface area contributed by atoms with Crippen LogP contribution in [0.25, 0.3) is 0 Å². The van der Waals surface area contributed by atoms with Crippen LogP contribution in [0.3, 0.4) is 0 Å². The van der Waals surface area contributed by atoms with Crippen LogP contribution in [0.5, 0.6) is 0 Å². The molecule has 0 saturated carbocycles. The largest absolute Gasteiger partial charge is 0.398 e. The lowest BCUT2D eigenvalue weighted by atomic mass is 10.3. The number of benzene rings is 1. The predicted molar refractivity (Wildman–Crippen MR) is 93.7 cm³/mol. The zero-order valence-electron chi connectivity index (χ0n) is 14.1. The van der Waals surface area contributed by atoms with Gasteiger partial charge in [-0.15, -0.1) is 0 Å². The van der Waals surface area contributed by atoms with Crippen LogP contribution in [0.4, 0.5) is 5.69 Å². The Morgan fingerprint density at radius 3 is 1.87 bits per heavy atom.